The van der Waals surface area contributed by atoms with Crippen LogP contribution in [0.3, 0.4) is 0 Å². The quantitative estimate of drug-likeness (QED) is 0.490. The molecule has 0 saturated carbocycles. The zero-order valence-electron chi connectivity index (χ0n) is 13.2. The van der Waals surface area contributed by atoms with E-state index < -0.39 is 0 Å². The lowest BCUT2D eigenvalue weighted by atomic mass is 10.2. The van der Waals surface area contributed by atoms with Crippen molar-refractivity contribution in [3.63, 3.8) is 0 Å². The zero-order valence-corrected chi connectivity index (χ0v) is 14.7. The van der Waals surface area contributed by atoms with Crippen molar-refractivity contribution in [3.05, 3.63) is 69.7 Å². The molecular formula is C17H16Cl2N4O. The van der Waals surface area contributed by atoms with E-state index >= 15 is 0 Å². The fourth-order valence-corrected chi connectivity index (χ4v) is 1.95. The molecule has 0 aliphatic carbocycles. The number of carbonyl (C=O) groups is 1. The summed E-state index contributed by atoms with van der Waals surface area (Å²) < 4.78 is 0. The van der Waals surface area contributed by atoms with Gasteiger partial charge in [-0.15, -0.1) is 5.10 Å². The molecule has 0 aliphatic rings. The maximum atomic E-state index is 12.2. The molecule has 0 aliphatic heterocycles. The van der Waals surface area contributed by atoms with Crippen LogP contribution in [0.1, 0.15) is 29.8 Å². The second kappa shape index (κ2) is 8.47. The topological polar surface area (TPSA) is 65.8 Å². The molecule has 0 aromatic heterocycles. The molecule has 2 N–H and O–H groups in total. The van der Waals surface area contributed by atoms with E-state index in [0.29, 0.717) is 21.4 Å². The van der Waals surface area contributed by atoms with E-state index in [1.165, 1.54) is 0 Å². The molecule has 2 aromatic rings. The van der Waals surface area contributed by atoms with Crippen LogP contribution in [0.15, 0.2) is 58.7 Å². The first-order valence-electron chi connectivity index (χ1n) is 7.12. The minimum atomic E-state index is -0.314. The van der Waals surface area contributed by atoms with Gasteiger partial charge in [-0.2, -0.15) is 5.10 Å². The summed E-state index contributed by atoms with van der Waals surface area (Å²) in [7, 11) is 0. The van der Waals surface area contributed by atoms with Gasteiger partial charge in [0.2, 0.25) is 0 Å². The van der Waals surface area contributed by atoms with Crippen LogP contribution in [0.4, 0.5) is 0 Å². The van der Waals surface area contributed by atoms with E-state index in [0.717, 1.165) is 11.3 Å². The summed E-state index contributed by atoms with van der Waals surface area (Å²) >= 11 is 11.7. The van der Waals surface area contributed by atoms with Crippen molar-refractivity contribution in [1.29, 1.82) is 0 Å². The highest BCUT2D eigenvalue weighted by Gasteiger charge is 2.08. The molecule has 0 spiro atoms. The van der Waals surface area contributed by atoms with E-state index in [1.54, 1.807) is 48.5 Å². The molecule has 2 aromatic carbocycles. The molecule has 0 unspecified atom stereocenters. The third kappa shape index (κ3) is 5.37. The number of amides is 1. The van der Waals surface area contributed by atoms with Gasteiger partial charge < -0.3 is 0 Å². The van der Waals surface area contributed by atoms with Gasteiger partial charge in [0.25, 0.3) is 5.91 Å². The standard InChI is InChI=1S/C17H16Cl2N4O/c1-11(2)20-21-16(12-3-7-14(18)8-4-12)22-23-17(24)13-5-9-15(19)10-6-13/h3-10H,1-2H3,(H,21,22)(H,23,24). The maximum absolute atomic E-state index is 12.2. The van der Waals surface area contributed by atoms with Crippen molar-refractivity contribution >= 4 is 40.7 Å². The molecule has 0 fully saturated rings. The zero-order chi connectivity index (χ0) is 17.5. The number of rotatable bonds is 3. The first-order chi connectivity index (χ1) is 11.5. The number of hydrazine groups is 1. The number of hydrogen-bond donors (Lipinski definition) is 2. The van der Waals surface area contributed by atoms with Crippen molar-refractivity contribution in [3.8, 4) is 0 Å². The predicted molar refractivity (Wildman–Crippen MR) is 98.8 cm³/mol. The van der Waals surface area contributed by atoms with E-state index in [4.69, 9.17) is 23.2 Å². The van der Waals surface area contributed by atoms with Gasteiger partial charge in [-0.25, -0.2) is 0 Å². The van der Waals surface area contributed by atoms with Gasteiger partial charge in [-0.1, -0.05) is 23.2 Å². The molecule has 0 heterocycles. The molecule has 0 radical (unpaired) electrons. The molecule has 5 nitrogen and oxygen atoms in total. The molecule has 1 amide bonds. The van der Waals surface area contributed by atoms with Gasteiger partial charge >= 0.3 is 0 Å². The highest BCUT2D eigenvalue weighted by atomic mass is 35.5. The average molecular weight is 363 g/mol. The predicted octanol–water partition coefficient (Wildman–Crippen LogP) is 4.07. The molecule has 0 bridgehead atoms. The van der Waals surface area contributed by atoms with E-state index in [1.807, 2.05) is 13.8 Å². The van der Waals surface area contributed by atoms with Crippen molar-refractivity contribution in [2.75, 3.05) is 0 Å². The molecule has 7 heteroatoms. The largest absolute Gasteiger partial charge is 0.280 e. The number of hydrogen-bond acceptors (Lipinski definition) is 3. The molecule has 124 valence electrons. The molecule has 24 heavy (non-hydrogen) atoms. The summed E-state index contributed by atoms with van der Waals surface area (Å²) in [5.41, 5.74) is 7.37. The van der Waals surface area contributed by atoms with Crippen LogP contribution >= 0.6 is 23.2 Å². The van der Waals surface area contributed by atoms with Crippen LogP contribution in [0.5, 0.6) is 0 Å². The Hall–Kier alpha value is -2.37. The lowest BCUT2D eigenvalue weighted by Gasteiger charge is -2.11. The average Bonchev–Trinajstić information content (AvgIpc) is 2.56. The molecule has 0 atom stereocenters. The van der Waals surface area contributed by atoms with Crippen LogP contribution < -0.4 is 10.9 Å². The first-order valence-corrected chi connectivity index (χ1v) is 7.88. The summed E-state index contributed by atoms with van der Waals surface area (Å²) in [5, 5.41) is 9.32. The number of amidine groups is 1. The van der Waals surface area contributed by atoms with Crippen molar-refractivity contribution in [2.45, 2.75) is 13.8 Å². The molecule has 2 rings (SSSR count). The monoisotopic (exact) mass is 362 g/mol. The Morgan fingerprint density at radius 1 is 0.792 bits per heavy atom. The SMILES string of the molecule is CC(C)=N/N=C(/NNC(=O)c1ccc(Cl)cc1)c1ccc(Cl)cc1. The summed E-state index contributed by atoms with van der Waals surface area (Å²) in [6.07, 6.45) is 0. The third-order valence-corrected chi connectivity index (χ3v) is 3.37. The highest BCUT2D eigenvalue weighted by Crippen LogP contribution is 2.11. The highest BCUT2D eigenvalue weighted by molar-refractivity contribution is 6.31. The number of nitrogens with one attached hydrogen (secondary N) is 2. The number of nitrogens with zero attached hydrogens (tertiary/aromatic N) is 2. The van der Waals surface area contributed by atoms with Crippen molar-refractivity contribution in [1.82, 2.24) is 10.9 Å². The van der Waals surface area contributed by atoms with Crippen LogP contribution in [0.25, 0.3) is 0 Å². The minimum Gasteiger partial charge on any atom is -0.280 e. The Kier molecular flexibility index (Phi) is 6.35. The van der Waals surface area contributed by atoms with Crippen LogP contribution in [-0.4, -0.2) is 17.5 Å². The number of benzene rings is 2. The van der Waals surface area contributed by atoms with Crippen LogP contribution in [0, 0.1) is 0 Å². The lowest BCUT2D eigenvalue weighted by molar-refractivity contribution is 0.0944. The van der Waals surface area contributed by atoms with E-state index in [2.05, 4.69) is 21.1 Å². The Morgan fingerprint density at radius 2 is 1.29 bits per heavy atom. The fourth-order valence-electron chi connectivity index (χ4n) is 1.70. The Morgan fingerprint density at radius 3 is 1.79 bits per heavy atom. The maximum Gasteiger partial charge on any atom is 0.269 e. The molecule has 0 saturated heterocycles. The van der Waals surface area contributed by atoms with Crippen LogP contribution in [-0.2, 0) is 0 Å². The van der Waals surface area contributed by atoms with Gasteiger partial charge in [0.15, 0.2) is 5.84 Å². The van der Waals surface area contributed by atoms with Gasteiger partial charge in [-0.3, -0.25) is 15.6 Å². The van der Waals surface area contributed by atoms with Crippen molar-refractivity contribution in [2.24, 2.45) is 10.2 Å². The second-order valence-corrected chi connectivity index (χ2v) is 5.96. The van der Waals surface area contributed by atoms with E-state index in [-0.39, 0.29) is 5.91 Å². The summed E-state index contributed by atoms with van der Waals surface area (Å²) in [6.45, 7) is 3.66. The number of carbonyl (C=O) groups excluding carboxylic acids is 1. The van der Waals surface area contributed by atoms with Gasteiger partial charge in [-0.05, 0) is 62.4 Å². The van der Waals surface area contributed by atoms with Gasteiger partial charge in [0, 0.05) is 26.9 Å². The summed E-state index contributed by atoms with van der Waals surface area (Å²) in [5.74, 6) is 0.0840. The van der Waals surface area contributed by atoms with E-state index in [9.17, 15) is 4.79 Å². The minimum absolute atomic E-state index is 0.314. The Labute approximate surface area is 150 Å². The third-order valence-electron chi connectivity index (χ3n) is 2.87. The van der Waals surface area contributed by atoms with Gasteiger partial charge in [0.05, 0.1) is 0 Å². The normalized spacial score (nSPS) is 10.9. The Bertz CT molecular complexity index is 764. The van der Waals surface area contributed by atoms with Gasteiger partial charge in [0.1, 0.15) is 0 Å². The summed E-state index contributed by atoms with van der Waals surface area (Å²) in [6, 6.07) is 13.6. The fraction of sp³-hybridized carbons (Fsp3) is 0.118. The first kappa shape index (κ1) is 18.0. The number of halogens is 2. The second-order valence-electron chi connectivity index (χ2n) is 5.09. The molecular weight excluding hydrogens is 347 g/mol. The summed E-state index contributed by atoms with van der Waals surface area (Å²) in [4.78, 5) is 12.2. The van der Waals surface area contributed by atoms with Crippen LogP contribution in [0.2, 0.25) is 10.0 Å². The van der Waals surface area contributed by atoms with Crippen molar-refractivity contribution < 1.29 is 4.79 Å². The smallest absolute Gasteiger partial charge is 0.269 e. The Balaban J connectivity index is 2.15. The lowest BCUT2D eigenvalue weighted by Crippen LogP contribution is -2.42.